The number of carboxylic acids is 1. The summed E-state index contributed by atoms with van der Waals surface area (Å²) in [7, 11) is 0. The van der Waals surface area contributed by atoms with Gasteiger partial charge in [0.2, 0.25) is 6.41 Å². The summed E-state index contributed by atoms with van der Waals surface area (Å²) in [6.45, 7) is 0. The van der Waals surface area contributed by atoms with Crippen LogP contribution in [-0.2, 0) is 9.59 Å². The fourth-order valence-corrected chi connectivity index (χ4v) is 1.24. The lowest BCUT2D eigenvalue weighted by Crippen LogP contribution is -2.37. The van der Waals surface area contributed by atoms with Gasteiger partial charge in [0.1, 0.15) is 11.9 Å². The molecule has 0 bridgehead atoms. The van der Waals surface area contributed by atoms with Crippen LogP contribution in [0.2, 0.25) is 0 Å². The topological polar surface area (TPSA) is 83.5 Å². The van der Waals surface area contributed by atoms with Gasteiger partial charge in [0.15, 0.2) is 5.78 Å². The Bertz CT molecular complexity index is 430. The Morgan fingerprint density at radius 3 is 2.41 bits per heavy atom. The second-order valence-corrected chi connectivity index (χ2v) is 3.31. The average Bonchev–Trinajstić information content (AvgIpc) is 2.29. The van der Waals surface area contributed by atoms with Crippen LogP contribution in [0.4, 0.5) is 4.39 Å². The minimum Gasteiger partial charge on any atom is -0.480 e. The zero-order valence-corrected chi connectivity index (χ0v) is 8.72. The summed E-state index contributed by atoms with van der Waals surface area (Å²) in [4.78, 5) is 32.4. The number of carboxylic acid groups (broad SMARTS) is 1. The maximum atomic E-state index is 12.6. The summed E-state index contributed by atoms with van der Waals surface area (Å²) in [6, 6.07) is 3.46. The first-order chi connectivity index (χ1) is 8.04. The molecule has 0 aromatic heterocycles. The van der Waals surface area contributed by atoms with Gasteiger partial charge in [-0.2, -0.15) is 0 Å². The number of nitrogens with one attached hydrogen (secondary N) is 1. The molecule has 6 heteroatoms. The van der Waals surface area contributed by atoms with E-state index in [1.54, 1.807) is 0 Å². The molecule has 0 saturated heterocycles. The highest BCUT2D eigenvalue weighted by Gasteiger charge is 2.20. The van der Waals surface area contributed by atoms with Crippen molar-refractivity contribution in [1.82, 2.24) is 5.32 Å². The molecule has 90 valence electrons. The number of halogens is 1. The van der Waals surface area contributed by atoms with Crippen molar-refractivity contribution >= 4 is 18.2 Å². The van der Waals surface area contributed by atoms with Gasteiger partial charge in [0, 0.05) is 12.0 Å². The summed E-state index contributed by atoms with van der Waals surface area (Å²) in [6.07, 6.45) is -0.156. The predicted octanol–water partition coefficient (Wildman–Crippen LogP) is 0.598. The van der Waals surface area contributed by atoms with Crippen molar-refractivity contribution in [3.63, 3.8) is 0 Å². The van der Waals surface area contributed by atoms with Crippen LogP contribution in [-0.4, -0.2) is 29.3 Å². The first-order valence-electron chi connectivity index (χ1n) is 4.76. The fourth-order valence-electron chi connectivity index (χ4n) is 1.24. The first kappa shape index (κ1) is 12.8. The molecule has 1 amide bonds. The molecule has 1 unspecified atom stereocenters. The maximum absolute atomic E-state index is 12.6. The van der Waals surface area contributed by atoms with Crippen molar-refractivity contribution in [1.29, 1.82) is 0 Å². The van der Waals surface area contributed by atoms with Crippen LogP contribution in [0.25, 0.3) is 0 Å². The molecule has 0 saturated carbocycles. The standard InChI is InChI=1S/C11H10FNO4/c12-8-3-1-7(2-4-8)10(15)5-9(11(16)17)13-6-14/h1-4,6,9H,5H2,(H,13,14)(H,16,17). The highest BCUT2D eigenvalue weighted by molar-refractivity contribution is 5.99. The van der Waals surface area contributed by atoms with Crippen LogP contribution in [0.15, 0.2) is 24.3 Å². The van der Waals surface area contributed by atoms with E-state index in [-0.39, 0.29) is 18.4 Å². The van der Waals surface area contributed by atoms with Crippen molar-refractivity contribution < 1.29 is 23.9 Å². The number of Topliss-reactive ketones (excluding diaryl/α,β-unsaturated/α-hetero) is 1. The van der Waals surface area contributed by atoms with Crippen LogP contribution < -0.4 is 5.32 Å². The zero-order chi connectivity index (χ0) is 12.8. The minimum absolute atomic E-state index is 0.199. The Labute approximate surface area is 96.3 Å². The quantitative estimate of drug-likeness (QED) is 0.562. The van der Waals surface area contributed by atoms with Crippen LogP contribution in [0.1, 0.15) is 16.8 Å². The maximum Gasteiger partial charge on any atom is 0.326 e. The van der Waals surface area contributed by atoms with Gasteiger partial charge in [0.25, 0.3) is 0 Å². The molecule has 0 fully saturated rings. The van der Waals surface area contributed by atoms with E-state index in [0.29, 0.717) is 0 Å². The van der Waals surface area contributed by atoms with Crippen molar-refractivity contribution in [2.45, 2.75) is 12.5 Å². The normalized spacial score (nSPS) is 11.6. The van der Waals surface area contributed by atoms with E-state index in [9.17, 15) is 18.8 Å². The molecule has 1 atom stereocenters. The molecule has 0 aliphatic rings. The lowest BCUT2D eigenvalue weighted by Gasteiger charge is -2.09. The largest absolute Gasteiger partial charge is 0.480 e. The minimum atomic E-state index is -1.30. The van der Waals surface area contributed by atoms with Crippen LogP contribution >= 0.6 is 0 Å². The van der Waals surface area contributed by atoms with E-state index in [0.717, 1.165) is 12.1 Å². The summed E-state index contributed by atoms with van der Waals surface area (Å²) in [5.74, 6) is -2.26. The Hall–Kier alpha value is -2.24. The zero-order valence-electron chi connectivity index (χ0n) is 8.72. The van der Waals surface area contributed by atoms with Crippen molar-refractivity contribution in [2.75, 3.05) is 0 Å². The molecule has 2 N–H and O–H groups in total. The molecule has 17 heavy (non-hydrogen) atoms. The summed E-state index contributed by atoms with van der Waals surface area (Å²) in [5, 5.41) is 10.7. The second-order valence-electron chi connectivity index (χ2n) is 3.31. The molecular weight excluding hydrogens is 229 g/mol. The molecular formula is C11H10FNO4. The third-order valence-corrected chi connectivity index (χ3v) is 2.12. The second kappa shape index (κ2) is 5.74. The Morgan fingerprint density at radius 1 is 1.35 bits per heavy atom. The number of carbonyl (C=O) groups is 3. The van der Waals surface area contributed by atoms with E-state index in [2.05, 4.69) is 0 Å². The molecule has 0 aliphatic carbocycles. The van der Waals surface area contributed by atoms with Gasteiger partial charge in [-0.1, -0.05) is 0 Å². The molecule has 1 rings (SSSR count). The first-order valence-corrected chi connectivity index (χ1v) is 4.76. The van der Waals surface area contributed by atoms with E-state index in [4.69, 9.17) is 5.11 Å². The Balaban J connectivity index is 2.73. The summed E-state index contributed by atoms with van der Waals surface area (Å²) in [5.41, 5.74) is 0.199. The van der Waals surface area contributed by atoms with Gasteiger partial charge < -0.3 is 10.4 Å². The lowest BCUT2D eigenvalue weighted by atomic mass is 10.0. The highest BCUT2D eigenvalue weighted by Crippen LogP contribution is 2.07. The smallest absolute Gasteiger partial charge is 0.326 e. The monoisotopic (exact) mass is 239 g/mol. The van der Waals surface area contributed by atoms with Crippen molar-refractivity contribution in [3.8, 4) is 0 Å². The average molecular weight is 239 g/mol. The fraction of sp³-hybridized carbons (Fsp3) is 0.182. The van der Waals surface area contributed by atoms with Gasteiger partial charge in [-0.15, -0.1) is 0 Å². The molecule has 1 aromatic carbocycles. The van der Waals surface area contributed by atoms with Crippen LogP contribution in [0, 0.1) is 5.82 Å². The van der Waals surface area contributed by atoms with E-state index in [1.807, 2.05) is 5.32 Å². The highest BCUT2D eigenvalue weighted by atomic mass is 19.1. The molecule has 0 aliphatic heterocycles. The van der Waals surface area contributed by atoms with Crippen molar-refractivity contribution in [2.24, 2.45) is 0 Å². The molecule has 0 radical (unpaired) electrons. The summed E-state index contributed by atoms with van der Waals surface area (Å²) >= 11 is 0. The van der Waals surface area contributed by atoms with Gasteiger partial charge >= 0.3 is 5.97 Å². The predicted molar refractivity (Wildman–Crippen MR) is 56.0 cm³/mol. The number of hydrogen-bond acceptors (Lipinski definition) is 3. The molecule has 5 nitrogen and oxygen atoms in total. The Kier molecular flexibility index (Phi) is 4.33. The number of aliphatic carboxylic acids is 1. The van der Waals surface area contributed by atoms with Gasteiger partial charge in [0.05, 0.1) is 0 Å². The van der Waals surface area contributed by atoms with Crippen molar-refractivity contribution in [3.05, 3.63) is 35.6 Å². The number of benzene rings is 1. The number of hydrogen-bond donors (Lipinski definition) is 2. The third kappa shape index (κ3) is 3.67. The van der Waals surface area contributed by atoms with Crippen LogP contribution in [0.3, 0.4) is 0 Å². The number of carbonyl (C=O) groups excluding carboxylic acids is 2. The van der Waals surface area contributed by atoms with E-state index in [1.165, 1.54) is 12.1 Å². The number of rotatable bonds is 6. The number of ketones is 1. The SMILES string of the molecule is O=CNC(CC(=O)c1ccc(F)cc1)C(=O)O. The van der Waals surface area contributed by atoms with Crippen LogP contribution in [0.5, 0.6) is 0 Å². The number of amides is 1. The molecule has 0 spiro atoms. The van der Waals surface area contributed by atoms with Gasteiger partial charge in [-0.25, -0.2) is 9.18 Å². The summed E-state index contributed by atoms with van der Waals surface area (Å²) < 4.78 is 12.6. The molecule has 1 aromatic rings. The van der Waals surface area contributed by atoms with E-state index < -0.39 is 23.6 Å². The molecule has 0 heterocycles. The van der Waals surface area contributed by atoms with Gasteiger partial charge in [-0.3, -0.25) is 9.59 Å². The Morgan fingerprint density at radius 2 is 1.94 bits per heavy atom. The third-order valence-electron chi connectivity index (χ3n) is 2.12. The lowest BCUT2D eigenvalue weighted by molar-refractivity contribution is -0.140. The van der Waals surface area contributed by atoms with Gasteiger partial charge in [-0.05, 0) is 24.3 Å². The van der Waals surface area contributed by atoms with E-state index >= 15 is 0 Å².